The van der Waals surface area contributed by atoms with Crippen LogP contribution in [0.3, 0.4) is 0 Å². The monoisotopic (exact) mass is 842 g/mol. The molecule has 3 aromatic rings. The maximum Gasteiger partial charge on any atom is 0.410 e. The number of ether oxygens (including phenoxy) is 3. The third kappa shape index (κ3) is 17.4. The molecule has 0 aliphatic heterocycles. The van der Waals surface area contributed by atoms with Crippen LogP contribution in [-0.2, 0) is 25.5 Å². The zero-order valence-electron chi connectivity index (χ0n) is 36.7. The second-order valence-corrected chi connectivity index (χ2v) is 16.7. The van der Waals surface area contributed by atoms with Crippen molar-refractivity contribution < 1.29 is 33.4 Å². The van der Waals surface area contributed by atoms with E-state index in [-0.39, 0.29) is 24.5 Å². The number of nitrogens with one attached hydrogen (secondary N) is 4. The third-order valence-corrected chi connectivity index (χ3v) is 8.88. The van der Waals surface area contributed by atoms with Crippen molar-refractivity contribution in [1.82, 2.24) is 40.0 Å². The molecule has 0 aliphatic rings. The molecule has 2 heterocycles. The van der Waals surface area contributed by atoms with Crippen molar-refractivity contribution in [2.24, 2.45) is 5.73 Å². The predicted molar refractivity (Wildman–Crippen MR) is 231 cm³/mol. The minimum atomic E-state index is -1.04. The van der Waals surface area contributed by atoms with E-state index in [1.54, 1.807) is 49.9 Å². The maximum absolute atomic E-state index is 12.9. The molecule has 1 atom stereocenters. The van der Waals surface area contributed by atoms with Gasteiger partial charge in [0.1, 0.15) is 29.4 Å². The number of amides is 3. The highest BCUT2D eigenvalue weighted by Crippen LogP contribution is 2.18. The number of anilines is 2. The molecule has 19 nitrogen and oxygen atoms in total. The number of rotatable bonds is 23. The van der Waals surface area contributed by atoms with Crippen molar-refractivity contribution in [3.05, 3.63) is 45.9 Å². The molecule has 3 rings (SSSR count). The van der Waals surface area contributed by atoms with Gasteiger partial charge >= 0.3 is 23.8 Å². The zero-order valence-corrected chi connectivity index (χ0v) is 36.7. The number of alkyl carbamates (subject to hydrolysis) is 1. The van der Waals surface area contributed by atoms with Crippen LogP contribution in [0.1, 0.15) is 103 Å². The van der Waals surface area contributed by atoms with Crippen LogP contribution in [0.5, 0.6) is 0 Å². The first-order valence-electron chi connectivity index (χ1n) is 20.7. The Balaban J connectivity index is 1.35. The van der Waals surface area contributed by atoms with Crippen LogP contribution in [0.25, 0.3) is 11.2 Å². The number of H-pyrrole nitrogens is 1. The summed E-state index contributed by atoms with van der Waals surface area (Å²) in [4.78, 5) is 78.2. The van der Waals surface area contributed by atoms with Crippen LogP contribution in [0, 0.1) is 0 Å². The Hall–Kier alpha value is -5.43. The van der Waals surface area contributed by atoms with Crippen molar-refractivity contribution in [2.75, 3.05) is 70.5 Å². The van der Waals surface area contributed by atoms with E-state index in [1.807, 2.05) is 27.8 Å². The summed E-state index contributed by atoms with van der Waals surface area (Å²) in [6.45, 7) is 16.7. The van der Waals surface area contributed by atoms with Crippen LogP contribution in [-0.4, -0.2) is 130 Å². The van der Waals surface area contributed by atoms with Crippen molar-refractivity contribution in [1.29, 1.82) is 0 Å². The molecular weight excluding hydrogens is 775 g/mol. The maximum atomic E-state index is 12.9. The van der Waals surface area contributed by atoms with Gasteiger partial charge in [-0.3, -0.25) is 9.36 Å². The van der Waals surface area contributed by atoms with Gasteiger partial charge in [0, 0.05) is 32.7 Å². The number of carbonyl (C=O) groups is 4. The second-order valence-electron chi connectivity index (χ2n) is 16.7. The lowest BCUT2D eigenvalue weighted by atomic mass is 10.1. The normalized spacial score (nSPS) is 12.2. The number of carbonyl (C=O) groups excluding carboxylic acids is 4. The van der Waals surface area contributed by atoms with Crippen molar-refractivity contribution in [2.45, 2.75) is 111 Å². The summed E-state index contributed by atoms with van der Waals surface area (Å²) >= 11 is 0. The van der Waals surface area contributed by atoms with Crippen LogP contribution in [0.2, 0.25) is 0 Å². The molecular formula is C41H67N11O8. The van der Waals surface area contributed by atoms with Crippen LogP contribution in [0.4, 0.5) is 21.4 Å². The van der Waals surface area contributed by atoms with Crippen molar-refractivity contribution >= 4 is 47.0 Å². The molecule has 0 bridgehead atoms. The fourth-order valence-electron chi connectivity index (χ4n) is 5.79. The summed E-state index contributed by atoms with van der Waals surface area (Å²) in [5, 5.41) is 8.65. The molecule has 0 fully saturated rings. The van der Waals surface area contributed by atoms with Gasteiger partial charge in [-0.05, 0) is 111 Å². The van der Waals surface area contributed by atoms with Crippen molar-refractivity contribution in [3.8, 4) is 0 Å². The number of hydrogen-bond donors (Lipinski definition) is 6. The fraction of sp³-hybridized carbons (Fsp3) is 0.634. The molecule has 0 spiro atoms. The Morgan fingerprint density at radius 1 is 0.850 bits per heavy atom. The van der Waals surface area contributed by atoms with E-state index in [9.17, 15) is 24.0 Å². The fourth-order valence-corrected chi connectivity index (χ4v) is 5.79. The molecule has 0 unspecified atom stereocenters. The standard InChI is InChI=1S/C41H67N11O8/c1-9-10-19-45-36-48-32(43)31-33(49-36)52(37(55)47-31)26-28-15-17-29(18-16-28)35(54)58-27-30(42)34(53)44-20-13-23-50(8)22-11-12-24-51(39(57)60-41(5,6)7)25-14-21-46-38(56)59-40(2,3)4/h15-18,30H,9-14,19-27,42H2,1-8H3,(H,44,53)(H,46,56)(H,47,55)(H3,43,45,48,49)/t30-/m0/s1. The Morgan fingerprint density at radius 2 is 1.47 bits per heavy atom. The third-order valence-electron chi connectivity index (χ3n) is 8.88. The molecule has 19 heteroatoms. The van der Waals surface area contributed by atoms with Gasteiger partial charge < -0.3 is 56.4 Å². The minimum absolute atomic E-state index is 0.165. The number of hydrogen-bond acceptors (Lipinski definition) is 14. The first-order valence-corrected chi connectivity index (χ1v) is 20.7. The lowest BCUT2D eigenvalue weighted by molar-refractivity contribution is -0.123. The molecule has 2 aromatic heterocycles. The first kappa shape index (κ1) is 48.9. The summed E-state index contributed by atoms with van der Waals surface area (Å²) in [6, 6.07) is 5.51. The second kappa shape index (κ2) is 23.4. The van der Waals surface area contributed by atoms with E-state index >= 15 is 0 Å². The Labute approximate surface area is 352 Å². The Kier molecular flexibility index (Phi) is 19.1. The smallest absolute Gasteiger partial charge is 0.410 e. The SMILES string of the molecule is CCCCNc1nc(N)c2[nH]c(=O)n(Cc3ccc(C(=O)OC[C@H](N)C(=O)NCCCN(C)CCCCN(CCCNC(=O)OC(C)(C)C)C(=O)OC(C)(C)C)cc3)c2n1. The molecule has 60 heavy (non-hydrogen) atoms. The highest BCUT2D eigenvalue weighted by molar-refractivity contribution is 5.90. The number of fused-ring (bicyclic) bond motifs is 1. The number of nitrogens with zero attached hydrogens (tertiary/aromatic N) is 5. The highest BCUT2D eigenvalue weighted by atomic mass is 16.6. The number of nitrogens with two attached hydrogens (primary N) is 2. The van der Waals surface area contributed by atoms with E-state index in [2.05, 4.69) is 42.7 Å². The van der Waals surface area contributed by atoms with Gasteiger partial charge in [-0.1, -0.05) is 25.5 Å². The number of nitrogen functional groups attached to an aromatic ring is 1. The number of benzene rings is 1. The van der Waals surface area contributed by atoms with Crippen LogP contribution in [0.15, 0.2) is 29.1 Å². The summed E-state index contributed by atoms with van der Waals surface area (Å²) in [5.41, 5.74) is 12.2. The molecule has 0 radical (unpaired) electrons. The molecule has 1 aromatic carbocycles. The number of unbranched alkanes of at least 4 members (excludes halogenated alkanes) is 2. The molecule has 3 amide bonds. The molecule has 8 N–H and O–H groups in total. The van der Waals surface area contributed by atoms with E-state index in [4.69, 9.17) is 25.7 Å². The van der Waals surface area contributed by atoms with Gasteiger partial charge in [-0.25, -0.2) is 19.2 Å². The Bertz CT molecular complexity index is 1900. The van der Waals surface area contributed by atoms with Gasteiger partial charge in [-0.2, -0.15) is 9.97 Å². The topological polar surface area (TPSA) is 254 Å². The quantitative estimate of drug-likeness (QED) is 0.0451. The molecule has 0 saturated heterocycles. The molecule has 334 valence electrons. The van der Waals surface area contributed by atoms with Crippen molar-refractivity contribution in [3.63, 3.8) is 0 Å². The van der Waals surface area contributed by atoms with Gasteiger partial charge in [0.05, 0.1) is 12.1 Å². The first-order chi connectivity index (χ1) is 28.3. The summed E-state index contributed by atoms with van der Waals surface area (Å²) in [6.07, 6.45) is 3.87. The zero-order chi connectivity index (χ0) is 44.5. The lowest BCUT2D eigenvalue weighted by Gasteiger charge is -2.28. The van der Waals surface area contributed by atoms with E-state index in [0.717, 1.165) is 44.3 Å². The lowest BCUT2D eigenvalue weighted by Crippen LogP contribution is -2.44. The molecule has 0 aliphatic carbocycles. The summed E-state index contributed by atoms with van der Waals surface area (Å²) < 4.78 is 17.6. The number of aromatic amines is 1. The number of esters is 1. The molecule has 0 saturated carbocycles. The highest BCUT2D eigenvalue weighted by Gasteiger charge is 2.23. The summed E-state index contributed by atoms with van der Waals surface area (Å²) in [5.74, 6) is -0.562. The average Bonchev–Trinajstić information content (AvgIpc) is 3.48. The van der Waals surface area contributed by atoms with Gasteiger partial charge in [0.2, 0.25) is 11.9 Å². The minimum Gasteiger partial charge on any atom is -0.460 e. The predicted octanol–water partition coefficient (Wildman–Crippen LogP) is 3.82. The summed E-state index contributed by atoms with van der Waals surface area (Å²) in [7, 11) is 1.99. The van der Waals surface area contributed by atoms with E-state index < -0.39 is 47.0 Å². The van der Waals surface area contributed by atoms with Crippen LogP contribution < -0.4 is 33.1 Å². The number of imidazole rings is 1. The van der Waals surface area contributed by atoms with E-state index in [0.29, 0.717) is 62.7 Å². The Morgan fingerprint density at radius 3 is 2.13 bits per heavy atom. The average molecular weight is 842 g/mol. The van der Waals surface area contributed by atoms with Gasteiger partial charge in [0.25, 0.3) is 0 Å². The van der Waals surface area contributed by atoms with E-state index in [1.165, 1.54) is 4.57 Å². The van der Waals surface area contributed by atoms with Gasteiger partial charge in [-0.15, -0.1) is 0 Å². The van der Waals surface area contributed by atoms with Crippen LogP contribution >= 0.6 is 0 Å². The number of aromatic nitrogens is 4. The van der Waals surface area contributed by atoms with Gasteiger partial charge in [0.15, 0.2) is 11.5 Å². The largest absolute Gasteiger partial charge is 0.460 e.